The van der Waals surface area contributed by atoms with E-state index >= 15 is 0 Å². The Labute approximate surface area is 109 Å². The topological polar surface area (TPSA) is 59.3 Å². The molecule has 0 aliphatic rings. The second kappa shape index (κ2) is 5.01. The van der Waals surface area contributed by atoms with E-state index in [1.807, 2.05) is 18.2 Å². The van der Waals surface area contributed by atoms with Crippen molar-refractivity contribution in [2.24, 2.45) is 0 Å². The summed E-state index contributed by atoms with van der Waals surface area (Å²) in [5.41, 5.74) is 0.638. The molecule has 18 heavy (non-hydrogen) atoms. The van der Waals surface area contributed by atoms with Crippen LogP contribution in [0.3, 0.4) is 0 Å². The first-order chi connectivity index (χ1) is 8.59. The normalized spacial score (nSPS) is 10.1. The number of hydrogen-bond acceptors (Lipinski definition) is 4. The van der Waals surface area contributed by atoms with Crippen LogP contribution in [-0.2, 0) is 0 Å². The third-order valence-corrected chi connectivity index (χ3v) is 2.80. The number of nitro groups is 1. The minimum absolute atomic E-state index is 0.0295. The van der Waals surface area contributed by atoms with Gasteiger partial charge in [-0.05, 0) is 18.2 Å². The SMILES string of the molecule is CN(c1ccccn1)c1ccc([N+](=O)[O-])cc1Cl. The number of hydrogen-bond donors (Lipinski definition) is 0. The Kier molecular flexibility index (Phi) is 3.43. The molecule has 0 aliphatic carbocycles. The first-order valence-electron chi connectivity index (χ1n) is 5.18. The van der Waals surface area contributed by atoms with Crippen LogP contribution in [0.5, 0.6) is 0 Å². The average Bonchev–Trinajstić information content (AvgIpc) is 2.38. The van der Waals surface area contributed by atoms with E-state index in [0.29, 0.717) is 16.5 Å². The van der Waals surface area contributed by atoms with Gasteiger partial charge in [0.15, 0.2) is 0 Å². The van der Waals surface area contributed by atoms with Crippen LogP contribution in [-0.4, -0.2) is 17.0 Å². The molecule has 0 bridgehead atoms. The molecule has 5 nitrogen and oxygen atoms in total. The Balaban J connectivity index is 2.37. The molecule has 1 heterocycles. The van der Waals surface area contributed by atoms with Gasteiger partial charge in [0.25, 0.3) is 5.69 Å². The van der Waals surface area contributed by atoms with Gasteiger partial charge in [0.05, 0.1) is 15.6 Å². The molecule has 6 heteroatoms. The van der Waals surface area contributed by atoms with Gasteiger partial charge < -0.3 is 4.90 Å². The van der Waals surface area contributed by atoms with Crippen molar-refractivity contribution in [1.82, 2.24) is 4.98 Å². The van der Waals surface area contributed by atoms with Crippen LogP contribution in [0, 0.1) is 10.1 Å². The zero-order valence-electron chi connectivity index (χ0n) is 9.58. The zero-order chi connectivity index (χ0) is 13.1. The quantitative estimate of drug-likeness (QED) is 0.629. The molecule has 92 valence electrons. The van der Waals surface area contributed by atoms with Gasteiger partial charge in [0, 0.05) is 25.4 Å². The highest BCUT2D eigenvalue weighted by Crippen LogP contribution is 2.32. The second-order valence-corrected chi connectivity index (χ2v) is 4.05. The summed E-state index contributed by atoms with van der Waals surface area (Å²) >= 11 is 6.04. The molecule has 0 amide bonds. The first kappa shape index (κ1) is 12.3. The lowest BCUT2D eigenvalue weighted by atomic mass is 10.2. The highest BCUT2D eigenvalue weighted by molar-refractivity contribution is 6.33. The molecule has 0 saturated heterocycles. The summed E-state index contributed by atoms with van der Waals surface area (Å²) in [6.45, 7) is 0. The fourth-order valence-corrected chi connectivity index (χ4v) is 1.86. The second-order valence-electron chi connectivity index (χ2n) is 3.64. The number of aromatic nitrogens is 1. The van der Waals surface area contributed by atoms with E-state index in [1.54, 1.807) is 24.2 Å². The Morgan fingerprint density at radius 3 is 2.67 bits per heavy atom. The molecule has 0 fully saturated rings. The van der Waals surface area contributed by atoms with Crippen LogP contribution >= 0.6 is 11.6 Å². The number of nitro benzene ring substituents is 1. The smallest absolute Gasteiger partial charge is 0.271 e. The monoisotopic (exact) mass is 263 g/mol. The van der Waals surface area contributed by atoms with E-state index in [1.165, 1.54) is 12.1 Å². The van der Waals surface area contributed by atoms with E-state index in [4.69, 9.17) is 11.6 Å². The van der Waals surface area contributed by atoms with E-state index in [-0.39, 0.29) is 5.69 Å². The van der Waals surface area contributed by atoms with E-state index < -0.39 is 4.92 Å². The Hall–Kier alpha value is -2.14. The maximum atomic E-state index is 10.6. The van der Waals surface area contributed by atoms with Crippen molar-refractivity contribution in [1.29, 1.82) is 0 Å². The predicted octanol–water partition coefficient (Wildman–Crippen LogP) is 3.41. The minimum Gasteiger partial charge on any atom is -0.328 e. The van der Waals surface area contributed by atoms with Gasteiger partial charge in [-0.2, -0.15) is 0 Å². The number of benzene rings is 1. The van der Waals surface area contributed by atoms with Crippen molar-refractivity contribution in [3.8, 4) is 0 Å². The van der Waals surface area contributed by atoms with Crippen LogP contribution in [0.15, 0.2) is 42.6 Å². The summed E-state index contributed by atoms with van der Waals surface area (Å²) < 4.78 is 0. The van der Waals surface area contributed by atoms with Crippen molar-refractivity contribution in [3.63, 3.8) is 0 Å². The summed E-state index contributed by atoms with van der Waals surface area (Å²) in [5, 5.41) is 10.9. The summed E-state index contributed by atoms with van der Waals surface area (Å²) in [7, 11) is 1.80. The average molecular weight is 264 g/mol. The van der Waals surface area contributed by atoms with Gasteiger partial charge in [0.2, 0.25) is 0 Å². The first-order valence-corrected chi connectivity index (χ1v) is 5.56. The minimum atomic E-state index is -0.476. The molecule has 0 spiro atoms. The third-order valence-electron chi connectivity index (χ3n) is 2.50. The van der Waals surface area contributed by atoms with Crippen molar-refractivity contribution in [3.05, 3.63) is 57.7 Å². The van der Waals surface area contributed by atoms with Gasteiger partial charge in [-0.15, -0.1) is 0 Å². The largest absolute Gasteiger partial charge is 0.328 e. The molecular formula is C12H10ClN3O2. The number of halogens is 1. The predicted molar refractivity (Wildman–Crippen MR) is 70.4 cm³/mol. The van der Waals surface area contributed by atoms with Crippen LogP contribution in [0.25, 0.3) is 0 Å². The maximum absolute atomic E-state index is 10.6. The van der Waals surface area contributed by atoms with Crippen LogP contribution in [0.2, 0.25) is 5.02 Å². The van der Waals surface area contributed by atoms with Gasteiger partial charge >= 0.3 is 0 Å². The standard InChI is InChI=1S/C12H10ClN3O2/c1-15(12-4-2-3-7-14-12)11-6-5-9(16(17)18)8-10(11)13/h2-8H,1H3. The molecule has 0 N–H and O–H groups in total. The lowest BCUT2D eigenvalue weighted by Crippen LogP contribution is -2.11. The molecule has 0 saturated carbocycles. The number of rotatable bonds is 3. The van der Waals surface area contributed by atoms with Gasteiger partial charge in [0.1, 0.15) is 5.82 Å². The summed E-state index contributed by atoms with van der Waals surface area (Å²) in [5.74, 6) is 0.716. The van der Waals surface area contributed by atoms with Crippen LogP contribution in [0.4, 0.5) is 17.2 Å². The molecule has 0 atom stereocenters. The molecule has 1 aromatic carbocycles. The van der Waals surface area contributed by atoms with Gasteiger partial charge in [-0.3, -0.25) is 10.1 Å². The summed E-state index contributed by atoms with van der Waals surface area (Å²) in [6.07, 6.45) is 1.67. The molecule has 2 rings (SSSR count). The number of anilines is 2. The Bertz CT molecular complexity index is 575. The number of nitrogens with zero attached hydrogens (tertiary/aromatic N) is 3. The fraction of sp³-hybridized carbons (Fsp3) is 0.0833. The highest BCUT2D eigenvalue weighted by Gasteiger charge is 2.13. The highest BCUT2D eigenvalue weighted by atomic mass is 35.5. The maximum Gasteiger partial charge on any atom is 0.271 e. The Morgan fingerprint density at radius 1 is 1.33 bits per heavy atom. The van der Waals surface area contributed by atoms with E-state index in [2.05, 4.69) is 4.98 Å². The molecular weight excluding hydrogens is 254 g/mol. The fourth-order valence-electron chi connectivity index (χ4n) is 1.56. The molecule has 2 aromatic rings. The molecule has 1 aromatic heterocycles. The van der Waals surface area contributed by atoms with Crippen molar-refractivity contribution >= 4 is 28.8 Å². The summed E-state index contributed by atoms with van der Waals surface area (Å²) in [4.78, 5) is 16.1. The van der Waals surface area contributed by atoms with Crippen molar-refractivity contribution in [2.75, 3.05) is 11.9 Å². The van der Waals surface area contributed by atoms with Crippen LogP contribution in [0.1, 0.15) is 0 Å². The third kappa shape index (κ3) is 2.41. The van der Waals surface area contributed by atoms with Crippen LogP contribution < -0.4 is 4.90 Å². The molecule has 0 unspecified atom stereocenters. The summed E-state index contributed by atoms with van der Waals surface area (Å²) in [6, 6.07) is 9.86. The van der Waals surface area contributed by atoms with Crippen molar-refractivity contribution in [2.45, 2.75) is 0 Å². The van der Waals surface area contributed by atoms with Crippen molar-refractivity contribution < 1.29 is 4.92 Å². The molecule has 0 radical (unpaired) electrons. The van der Waals surface area contributed by atoms with Gasteiger partial charge in [-0.1, -0.05) is 17.7 Å². The zero-order valence-corrected chi connectivity index (χ0v) is 10.3. The lowest BCUT2D eigenvalue weighted by molar-refractivity contribution is -0.384. The molecule has 0 aliphatic heterocycles. The van der Waals surface area contributed by atoms with E-state index in [9.17, 15) is 10.1 Å². The number of non-ortho nitro benzene ring substituents is 1. The number of pyridine rings is 1. The Morgan fingerprint density at radius 2 is 2.11 bits per heavy atom. The van der Waals surface area contributed by atoms with E-state index in [0.717, 1.165) is 0 Å². The van der Waals surface area contributed by atoms with Gasteiger partial charge in [-0.25, -0.2) is 4.98 Å². The lowest BCUT2D eigenvalue weighted by Gasteiger charge is -2.19.